The molecule has 2 aliphatic heterocycles. The first-order valence-corrected chi connectivity index (χ1v) is 7.32. The van der Waals surface area contributed by atoms with E-state index in [1.807, 2.05) is 0 Å². The fourth-order valence-corrected chi connectivity index (χ4v) is 2.69. The van der Waals surface area contributed by atoms with Crippen molar-refractivity contribution in [2.24, 2.45) is 0 Å². The van der Waals surface area contributed by atoms with E-state index < -0.39 is 68.0 Å². The van der Waals surface area contributed by atoms with Crippen LogP contribution in [0.4, 0.5) is 0 Å². The highest BCUT2D eigenvalue weighted by molar-refractivity contribution is 4.93. The van der Waals surface area contributed by atoms with Crippen molar-refractivity contribution in [1.82, 2.24) is 0 Å². The summed E-state index contributed by atoms with van der Waals surface area (Å²) in [5.74, 6) is 0. The molecule has 0 saturated carbocycles. The molecule has 0 aliphatic carbocycles. The maximum atomic E-state index is 10.1. The molecule has 0 unspecified atom stereocenters. The zero-order chi connectivity index (χ0) is 17.3. The van der Waals surface area contributed by atoms with Gasteiger partial charge >= 0.3 is 0 Å². The third-order valence-corrected chi connectivity index (χ3v) is 4.15. The van der Waals surface area contributed by atoms with Gasteiger partial charge in [-0.05, 0) is 6.92 Å². The van der Waals surface area contributed by atoms with Gasteiger partial charge in [0, 0.05) is 7.11 Å². The fraction of sp³-hybridized carbons (Fsp3) is 1.00. The first kappa shape index (κ1) is 18.9. The molecular weight excluding hydrogens is 316 g/mol. The van der Waals surface area contributed by atoms with E-state index in [0.29, 0.717) is 0 Å². The maximum Gasteiger partial charge on any atom is 0.187 e. The Kier molecular flexibility index (Phi) is 6.30. The van der Waals surface area contributed by atoms with Crippen molar-refractivity contribution < 1.29 is 49.6 Å². The van der Waals surface area contributed by atoms with Crippen molar-refractivity contribution in [2.75, 3.05) is 13.7 Å². The second-order valence-electron chi connectivity index (χ2n) is 5.72. The molecule has 0 aromatic heterocycles. The van der Waals surface area contributed by atoms with Gasteiger partial charge in [-0.25, -0.2) is 0 Å². The summed E-state index contributed by atoms with van der Waals surface area (Å²) < 4.78 is 20.8. The lowest BCUT2D eigenvalue weighted by Crippen LogP contribution is -2.64. The molecule has 2 aliphatic rings. The summed E-state index contributed by atoms with van der Waals surface area (Å²) in [4.78, 5) is 0. The monoisotopic (exact) mass is 340 g/mol. The van der Waals surface area contributed by atoms with Gasteiger partial charge in [-0.2, -0.15) is 0 Å². The van der Waals surface area contributed by atoms with Crippen LogP contribution in [0.1, 0.15) is 6.92 Å². The SMILES string of the molecule is CO[C@H]1O[C@H](CO)[C@H](O)[C@H](O[C@H]2O[C@@H](C)[C@@H](O)[C@@H](O)[C@@H]2O)[C@H]1O. The van der Waals surface area contributed by atoms with E-state index in [2.05, 4.69) is 0 Å². The standard InChI is InChI=1S/C13H24O10/c1-4-6(15)8(17)9(18)13(21-4)23-11-7(16)5(3-14)22-12(20-2)10(11)19/h4-19H,3H2,1-2H3/t4-,5+,6+,7-,8+,9-,10+,11-,12-,13+/m0/s1. The van der Waals surface area contributed by atoms with Crippen LogP contribution in [0.5, 0.6) is 0 Å². The van der Waals surface area contributed by atoms with E-state index in [4.69, 9.17) is 18.9 Å². The van der Waals surface area contributed by atoms with Gasteiger partial charge in [0.05, 0.1) is 12.7 Å². The maximum absolute atomic E-state index is 10.1. The highest BCUT2D eigenvalue weighted by Gasteiger charge is 2.50. The number of aliphatic hydroxyl groups excluding tert-OH is 6. The Bertz CT molecular complexity index is 366. The van der Waals surface area contributed by atoms with E-state index >= 15 is 0 Å². The van der Waals surface area contributed by atoms with Crippen molar-refractivity contribution in [3.63, 3.8) is 0 Å². The third-order valence-electron chi connectivity index (χ3n) is 4.15. The molecule has 2 saturated heterocycles. The van der Waals surface area contributed by atoms with Crippen molar-refractivity contribution >= 4 is 0 Å². The lowest BCUT2D eigenvalue weighted by Gasteiger charge is -2.45. The Balaban J connectivity index is 2.12. The van der Waals surface area contributed by atoms with Gasteiger partial charge in [0.15, 0.2) is 12.6 Å². The predicted octanol–water partition coefficient (Wildman–Crippen LogP) is -3.72. The molecule has 2 fully saturated rings. The van der Waals surface area contributed by atoms with Crippen LogP contribution in [0.15, 0.2) is 0 Å². The van der Waals surface area contributed by atoms with Crippen LogP contribution < -0.4 is 0 Å². The van der Waals surface area contributed by atoms with Crippen LogP contribution >= 0.6 is 0 Å². The predicted molar refractivity (Wildman–Crippen MR) is 72.0 cm³/mol. The Morgan fingerprint density at radius 2 is 1.48 bits per heavy atom. The van der Waals surface area contributed by atoms with E-state index in [0.717, 1.165) is 0 Å². The molecule has 23 heavy (non-hydrogen) atoms. The van der Waals surface area contributed by atoms with Gasteiger partial charge in [0.2, 0.25) is 0 Å². The molecule has 136 valence electrons. The van der Waals surface area contributed by atoms with Crippen molar-refractivity contribution in [3.8, 4) is 0 Å². The van der Waals surface area contributed by atoms with Gasteiger partial charge < -0.3 is 49.6 Å². The van der Waals surface area contributed by atoms with Gasteiger partial charge in [-0.3, -0.25) is 0 Å². The van der Waals surface area contributed by atoms with Crippen molar-refractivity contribution in [3.05, 3.63) is 0 Å². The second-order valence-corrected chi connectivity index (χ2v) is 5.72. The summed E-state index contributed by atoms with van der Waals surface area (Å²) in [6.45, 7) is 0.931. The molecule has 10 atom stereocenters. The number of hydrogen-bond acceptors (Lipinski definition) is 10. The molecule has 2 heterocycles. The summed E-state index contributed by atoms with van der Waals surface area (Å²) >= 11 is 0. The molecule has 0 bridgehead atoms. The molecular formula is C13H24O10. The van der Waals surface area contributed by atoms with E-state index in [9.17, 15) is 30.6 Å². The Morgan fingerprint density at radius 1 is 0.826 bits per heavy atom. The van der Waals surface area contributed by atoms with E-state index in [1.165, 1.54) is 14.0 Å². The summed E-state index contributed by atoms with van der Waals surface area (Å²) in [6.07, 6.45) is -13.0. The minimum atomic E-state index is -1.59. The van der Waals surface area contributed by atoms with Crippen molar-refractivity contribution in [2.45, 2.75) is 68.3 Å². The van der Waals surface area contributed by atoms with Gasteiger partial charge in [0.1, 0.15) is 42.7 Å². The normalized spacial score (nSPS) is 51.7. The number of aliphatic hydroxyl groups is 6. The summed E-state index contributed by atoms with van der Waals surface area (Å²) in [5, 5.41) is 58.9. The first-order chi connectivity index (χ1) is 10.8. The number of rotatable bonds is 4. The molecule has 6 N–H and O–H groups in total. The first-order valence-electron chi connectivity index (χ1n) is 7.32. The number of hydrogen-bond donors (Lipinski definition) is 6. The molecule has 2 rings (SSSR count). The third kappa shape index (κ3) is 3.66. The highest BCUT2D eigenvalue weighted by Crippen LogP contribution is 2.29. The minimum absolute atomic E-state index is 0.542. The quantitative estimate of drug-likeness (QED) is 0.300. The van der Waals surface area contributed by atoms with Gasteiger partial charge in [0.25, 0.3) is 0 Å². The Morgan fingerprint density at radius 3 is 2.04 bits per heavy atom. The van der Waals surface area contributed by atoms with Crippen LogP contribution in [-0.4, -0.2) is 106 Å². The molecule has 0 aromatic carbocycles. The summed E-state index contributed by atoms with van der Waals surface area (Å²) in [6, 6.07) is 0. The Labute approximate surface area is 132 Å². The fourth-order valence-electron chi connectivity index (χ4n) is 2.69. The minimum Gasteiger partial charge on any atom is -0.394 e. The zero-order valence-electron chi connectivity index (χ0n) is 12.8. The van der Waals surface area contributed by atoms with Crippen LogP contribution in [0.25, 0.3) is 0 Å². The highest BCUT2D eigenvalue weighted by atomic mass is 16.7. The molecule has 10 heteroatoms. The lowest BCUT2D eigenvalue weighted by atomic mass is 9.97. The average Bonchev–Trinajstić information content (AvgIpc) is 2.54. The van der Waals surface area contributed by atoms with E-state index in [-0.39, 0.29) is 0 Å². The summed E-state index contributed by atoms with van der Waals surface area (Å²) in [7, 11) is 1.27. The van der Waals surface area contributed by atoms with E-state index in [1.54, 1.807) is 0 Å². The largest absolute Gasteiger partial charge is 0.394 e. The molecule has 0 aromatic rings. The van der Waals surface area contributed by atoms with Gasteiger partial charge in [-0.15, -0.1) is 0 Å². The van der Waals surface area contributed by atoms with Crippen molar-refractivity contribution in [1.29, 1.82) is 0 Å². The zero-order valence-corrected chi connectivity index (χ0v) is 12.8. The molecule has 0 spiro atoms. The van der Waals surface area contributed by atoms with Crippen LogP contribution in [-0.2, 0) is 18.9 Å². The molecule has 0 radical (unpaired) electrons. The lowest BCUT2D eigenvalue weighted by molar-refractivity contribution is -0.355. The van der Waals surface area contributed by atoms with Crippen LogP contribution in [0, 0.1) is 0 Å². The number of ether oxygens (including phenoxy) is 4. The van der Waals surface area contributed by atoms with Crippen LogP contribution in [0.3, 0.4) is 0 Å². The molecule has 0 amide bonds. The summed E-state index contributed by atoms with van der Waals surface area (Å²) in [5.41, 5.74) is 0. The average molecular weight is 340 g/mol. The Hall–Kier alpha value is -0.400. The second kappa shape index (κ2) is 7.66. The van der Waals surface area contributed by atoms with Gasteiger partial charge in [-0.1, -0.05) is 0 Å². The topological polar surface area (TPSA) is 158 Å². The molecule has 10 nitrogen and oxygen atoms in total. The van der Waals surface area contributed by atoms with Crippen LogP contribution in [0.2, 0.25) is 0 Å². The smallest absolute Gasteiger partial charge is 0.187 e. The number of methoxy groups -OCH3 is 1.